The maximum absolute atomic E-state index is 13.1. The molecule has 3 aromatic rings. The standard InChI is InChI=1S/C15H12FN5O/c1-21(11-7-8-17-15(16)19-11)12-9-13(22)20-14(18-12)10-5-3-2-4-6-10/h2-9H,1H3,(H,18,20,22). The Morgan fingerprint density at radius 1 is 1.00 bits per heavy atom. The second-order valence-corrected chi connectivity index (χ2v) is 4.52. The van der Waals surface area contributed by atoms with E-state index in [1.165, 1.54) is 12.3 Å². The van der Waals surface area contributed by atoms with E-state index in [1.54, 1.807) is 18.0 Å². The van der Waals surface area contributed by atoms with E-state index in [2.05, 4.69) is 19.9 Å². The zero-order chi connectivity index (χ0) is 15.5. The van der Waals surface area contributed by atoms with Crippen LogP contribution in [0.5, 0.6) is 5.88 Å². The summed E-state index contributed by atoms with van der Waals surface area (Å²) in [5.41, 5.74) is 0.766. The zero-order valence-corrected chi connectivity index (χ0v) is 11.7. The lowest BCUT2D eigenvalue weighted by atomic mass is 10.2. The fraction of sp³-hybridized carbons (Fsp3) is 0.0667. The van der Waals surface area contributed by atoms with Gasteiger partial charge in [-0.05, 0) is 6.07 Å². The van der Waals surface area contributed by atoms with E-state index in [1.807, 2.05) is 30.3 Å². The van der Waals surface area contributed by atoms with Crippen molar-refractivity contribution in [2.24, 2.45) is 0 Å². The van der Waals surface area contributed by atoms with Gasteiger partial charge < -0.3 is 10.0 Å². The second-order valence-electron chi connectivity index (χ2n) is 4.52. The van der Waals surface area contributed by atoms with Crippen molar-refractivity contribution in [1.82, 2.24) is 19.9 Å². The highest BCUT2D eigenvalue weighted by Gasteiger charge is 2.12. The van der Waals surface area contributed by atoms with Crippen molar-refractivity contribution in [1.29, 1.82) is 0 Å². The van der Waals surface area contributed by atoms with E-state index in [4.69, 9.17) is 0 Å². The molecule has 0 amide bonds. The molecule has 3 rings (SSSR count). The third kappa shape index (κ3) is 2.83. The van der Waals surface area contributed by atoms with Crippen molar-refractivity contribution in [3.8, 4) is 17.3 Å². The first-order chi connectivity index (χ1) is 10.6. The largest absolute Gasteiger partial charge is 0.493 e. The first-order valence-corrected chi connectivity index (χ1v) is 6.49. The summed E-state index contributed by atoms with van der Waals surface area (Å²) in [6.45, 7) is 0. The average molecular weight is 297 g/mol. The fourth-order valence-electron chi connectivity index (χ4n) is 1.94. The zero-order valence-electron chi connectivity index (χ0n) is 11.7. The van der Waals surface area contributed by atoms with E-state index in [-0.39, 0.29) is 5.88 Å². The highest BCUT2D eigenvalue weighted by atomic mass is 19.1. The summed E-state index contributed by atoms with van der Waals surface area (Å²) in [5, 5.41) is 9.82. The minimum absolute atomic E-state index is 0.176. The lowest BCUT2D eigenvalue weighted by molar-refractivity contribution is 0.453. The smallest absolute Gasteiger partial charge is 0.310 e. The lowest BCUT2D eigenvalue weighted by Gasteiger charge is -2.17. The van der Waals surface area contributed by atoms with Gasteiger partial charge in [-0.1, -0.05) is 30.3 Å². The molecule has 0 fully saturated rings. The second kappa shape index (κ2) is 5.72. The van der Waals surface area contributed by atoms with Gasteiger partial charge in [0.2, 0.25) is 5.88 Å². The van der Waals surface area contributed by atoms with Crippen molar-refractivity contribution in [2.45, 2.75) is 0 Å². The molecule has 7 heteroatoms. The Bertz CT molecular complexity index is 797. The van der Waals surface area contributed by atoms with E-state index >= 15 is 0 Å². The van der Waals surface area contributed by atoms with Crippen molar-refractivity contribution in [3.05, 3.63) is 54.7 Å². The van der Waals surface area contributed by atoms with Crippen LogP contribution in [0.25, 0.3) is 11.4 Å². The molecule has 0 radical (unpaired) electrons. The Morgan fingerprint density at radius 3 is 2.50 bits per heavy atom. The molecule has 1 aromatic carbocycles. The van der Waals surface area contributed by atoms with E-state index in [9.17, 15) is 9.50 Å². The van der Waals surface area contributed by atoms with Crippen molar-refractivity contribution in [3.63, 3.8) is 0 Å². The van der Waals surface area contributed by atoms with E-state index in [0.29, 0.717) is 17.5 Å². The number of aromatic hydroxyl groups is 1. The number of nitrogens with zero attached hydrogens (tertiary/aromatic N) is 5. The highest BCUT2D eigenvalue weighted by molar-refractivity contribution is 5.62. The molecule has 110 valence electrons. The Hall–Kier alpha value is -3.09. The van der Waals surface area contributed by atoms with Gasteiger partial charge in [-0.25, -0.2) is 9.97 Å². The molecule has 0 bridgehead atoms. The van der Waals surface area contributed by atoms with Crippen LogP contribution in [0.1, 0.15) is 0 Å². The van der Waals surface area contributed by atoms with Crippen LogP contribution in [0.2, 0.25) is 0 Å². The van der Waals surface area contributed by atoms with E-state index < -0.39 is 6.08 Å². The summed E-state index contributed by atoms with van der Waals surface area (Å²) < 4.78 is 13.1. The molecule has 22 heavy (non-hydrogen) atoms. The topological polar surface area (TPSA) is 75.0 Å². The van der Waals surface area contributed by atoms with Crippen LogP contribution in [0, 0.1) is 6.08 Å². The molecule has 0 aliphatic heterocycles. The maximum Gasteiger partial charge on any atom is 0.310 e. The molecule has 0 saturated carbocycles. The lowest BCUT2D eigenvalue weighted by Crippen LogP contribution is -2.14. The number of benzene rings is 1. The molecule has 0 saturated heterocycles. The monoisotopic (exact) mass is 297 g/mol. The van der Waals surface area contributed by atoms with Crippen molar-refractivity contribution < 1.29 is 9.50 Å². The Labute approximate surface area is 126 Å². The third-order valence-corrected chi connectivity index (χ3v) is 3.03. The quantitative estimate of drug-likeness (QED) is 0.749. The molecule has 0 spiro atoms. The summed E-state index contributed by atoms with van der Waals surface area (Å²) in [5.74, 6) is 0.913. The molecule has 2 aromatic heterocycles. The summed E-state index contributed by atoms with van der Waals surface area (Å²) in [6, 6.07) is 12.2. The number of anilines is 2. The average Bonchev–Trinajstić information content (AvgIpc) is 2.54. The van der Waals surface area contributed by atoms with Gasteiger partial charge in [0.15, 0.2) is 5.82 Å². The van der Waals surface area contributed by atoms with Crippen LogP contribution in [0.4, 0.5) is 16.0 Å². The molecular formula is C15H12FN5O. The highest BCUT2D eigenvalue weighted by Crippen LogP contribution is 2.25. The van der Waals surface area contributed by atoms with Crippen LogP contribution in [0.3, 0.4) is 0 Å². The molecular weight excluding hydrogens is 285 g/mol. The van der Waals surface area contributed by atoms with Gasteiger partial charge in [0.1, 0.15) is 11.6 Å². The van der Waals surface area contributed by atoms with Crippen LogP contribution < -0.4 is 4.90 Å². The number of rotatable bonds is 3. The van der Waals surface area contributed by atoms with Gasteiger partial charge in [0, 0.05) is 24.9 Å². The predicted octanol–water partition coefficient (Wildman–Crippen LogP) is 2.55. The molecule has 0 aliphatic rings. The Kier molecular flexibility index (Phi) is 3.61. The Balaban J connectivity index is 2.03. The van der Waals surface area contributed by atoms with Crippen molar-refractivity contribution in [2.75, 3.05) is 11.9 Å². The minimum Gasteiger partial charge on any atom is -0.493 e. The summed E-state index contributed by atoms with van der Waals surface area (Å²) in [7, 11) is 1.66. The van der Waals surface area contributed by atoms with Gasteiger partial charge >= 0.3 is 6.08 Å². The number of hydrogen-bond donors (Lipinski definition) is 1. The SMILES string of the molecule is CN(c1ccnc(F)n1)c1cc(O)nc(-c2ccccc2)n1. The number of hydrogen-bond acceptors (Lipinski definition) is 6. The third-order valence-electron chi connectivity index (χ3n) is 3.03. The summed E-state index contributed by atoms with van der Waals surface area (Å²) >= 11 is 0. The molecule has 6 nitrogen and oxygen atoms in total. The normalized spacial score (nSPS) is 10.5. The van der Waals surface area contributed by atoms with Gasteiger partial charge in [0.25, 0.3) is 0 Å². The number of aromatic nitrogens is 4. The van der Waals surface area contributed by atoms with Gasteiger partial charge in [0.05, 0.1) is 0 Å². The van der Waals surface area contributed by atoms with Gasteiger partial charge in [-0.15, -0.1) is 0 Å². The molecule has 0 unspecified atom stereocenters. The van der Waals surface area contributed by atoms with E-state index in [0.717, 1.165) is 5.56 Å². The summed E-state index contributed by atoms with van der Waals surface area (Å²) in [4.78, 5) is 17.0. The molecule has 0 atom stereocenters. The first kappa shape index (κ1) is 13.9. The minimum atomic E-state index is -0.828. The van der Waals surface area contributed by atoms with Crippen LogP contribution in [-0.4, -0.2) is 32.1 Å². The van der Waals surface area contributed by atoms with Crippen LogP contribution >= 0.6 is 0 Å². The molecule has 2 heterocycles. The van der Waals surface area contributed by atoms with Gasteiger partial charge in [-0.3, -0.25) is 0 Å². The summed E-state index contributed by atoms with van der Waals surface area (Å²) in [6.07, 6.45) is 0.485. The van der Waals surface area contributed by atoms with Crippen LogP contribution in [0.15, 0.2) is 48.7 Å². The fourth-order valence-corrected chi connectivity index (χ4v) is 1.94. The maximum atomic E-state index is 13.1. The first-order valence-electron chi connectivity index (χ1n) is 6.49. The molecule has 0 aliphatic carbocycles. The van der Waals surface area contributed by atoms with Crippen LogP contribution in [-0.2, 0) is 0 Å². The van der Waals surface area contributed by atoms with Crippen molar-refractivity contribution >= 4 is 11.6 Å². The molecule has 1 N–H and O–H groups in total. The number of halogens is 1. The Morgan fingerprint density at radius 2 is 1.77 bits per heavy atom. The predicted molar refractivity (Wildman–Crippen MR) is 79.2 cm³/mol. The van der Waals surface area contributed by atoms with Gasteiger partial charge in [-0.2, -0.15) is 14.4 Å².